The van der Waals surface area contributed by atoms with Crippen LogP contribution in [0, 0.1) is 24.2 Å². The minimum absolute atomic E-state index is 0.143. The Bertz CT molecular complexity index is 579. The van der Waals surface area contributed by atoms with Gasteiger partial charge in [0.05, 0.1) is 24.3 Å². The Labute approximate surface area is 131 Å². The standard InChI is InChI=1S/C18H22O4/c1-6-14-7-8-15(17(19)21-10-12(2)3)16(9-14)18(20)22-11-13(4)5/h1,7-9,12-13H,10-11H2,2-5H3. The van der Waals surface area contributed by atoms with Crippen LogP contribution in [0.25, 0.3) is 0 Å². The molecule has 4 nitrogen and oxygen atoms in total. The lowest BCUT2D eigenvalue weighted by atomic mass is 10.0. The van der Waals surface area contributed by atoms with E-state index in [1.54, 1.807) is 6.07 Å². The first kappa shape index (κ1) is 17.8. The summed E-state index contributed by atoms with van der Waals surface area (Å²) < 4.78 is 10.4. The molecule has 0 N–H and O–H groups in total. The van der Waals surface area contributed by atoms with Crippen LogP contribution in [0.3, 0.4) is 0 Å². The smallest absolute Gasteiger partial charge is 0.339 e. The van der Waals surface area contributed by atoms with Crippen molar-refractivity contribution in [3.05, 3.63) is 34.9 Å². The molecule has 0 amide bonds. The molecule has 0 unspecified atom stereocenters. The number of carbonyl (C=O) groups is 2. The van der Waals surface area contributed by atoms with Gasteiger partial charge in [-0.25, -0.2) is 9.59 Å². The maximum absolute atomic E-state index is 12.2. The van der Waals surface area contributed by atoms with Gasteiger partial charge in [-0.2, -0.15) is 0 Å². The van der Waals surface area contributed by atoms with Crippen molar-refractivity contribution in [1.29, 1.82) is 0 Å². The van der Waals surface area contributed by atoms with Crippen LogP contribution in [0.15, 0.2) is 18.2 Å². The molecule has 0 fully saturated rings. The molecule has 0 bridgehead atoms. The van der Waals surface area contributed by atoms with E-state index in [0.717, 1.165) is 0 Å². The fraction of sp³-hybridized carbons (Fsp3) is 0.444. The first-order valence-corrected chi connectivity index (χ1v) is 7.30. The topological polar surface area (TPSA) is 52.6 Å². The Morgan fingerprint density at radius 1 is 1.00 bits per heavy atom. The lowest BCUT2D eigenvalue weighted by Gasteiger charge is -2.12. The van der Waals surface area contributed by atoms with Gasteiger partial charge in [-0.1, -0.05) is 33.6 Å². The van der Waals surface area contributed by atoms with Gasteiger partial charge >= 0.3 is 11.9 Å². The van der Waals surface area contributed by atoms with Crippen molar-refractivity contribution in [2.45, 2.75) is 27.7 Å². The maximum atomic E-state index is 12.2. The molecule has 1 aromatic carbocycles. The summed E-state index contributed by atoms with van der Waals surface area (Å²) in [6.45, 7) is 8.31. The lowest BCUT2D eigenvalue weighted by Crippen LogP contribution is -2.17. The average molecular weight is 302 g/mol. The lowest BCUT2D eigenvalue weighted by molar-refractivity contribution is 0.0412. The summed E-state index contributed by atoms with van der Waals surface area (Å²) in [6.07, 6.45) is 5.35. The zero-order valence-electron chi connectivity index (χ0n) is 13.5. The second kappa shape index (κ2) is 8.23. The van der Waals surface area contributed by atoms with Crippen LogP contribution >= 0.6 is 0 Å². The average Bonchev–Trinajstić information content (AvgIpc) is 2.49. The van der Waals surface area contributed by atoms with Gasteiger partial charge in [0.1, 0.15) is 0 Å². The molecule has 0 aromatic heterocycles. The molecule has 0 aliphatic carbocycles. The Balaban J connectivity index is 3.03. The number of benzene rings is 1. The second-order valence-corrected chi connectivity index (χ2v) is 5.89. The number of terminal acetylenes is 1. The summed E-state index contributed by atoms with van der Waals surface area (Å²) in [4.78, 5) is 24.3. The Kier molecular flexibility index (Phi) is 6.65. The van der Waals surface area contributed by atoms with Crippen molar-refractivity contribution in [2.75, 3.05) is 13.2 Å². The van der Waals surface area contributed by atoms with Crippen LogP contribution in [0.1, 0.15) is 54.0 Å². The van der Waals surface area contributed by atoms with E-state index in [-0.39, 0.29) is 36.2 Å². The summed E-state index contributed by atoms with van der Waals surface area (Å²) in [5, 5.41) is 0. The first-order chi connectivity index (χ1) is 10.3. The molecule has 0 aliphatic rings. The van der Waals surface area contributed by atoms with Crippen molar-refractivity contribution < 1.29 is 19.1 Å². The van der Waals surface area contributed by atoms with Crippen molar-refractivity contribution >= 4 is 11.9 Å². The zero-order valence-corrected chi connectivity index (χ0v) is 13.5. The summed E-state index contributed by atoms with van der Waals surface area (Å²) in [5.74, 6) is 1.75. The van der Waals surface area contributed by atoms with Crippen LogP contribution in [-0.4, -0.2) is 25.2 Å². The number of carbonyl (C=O) groups excluding carboxylic acids is 2. The van der Waals surface area contributed by atoms with E-state index in [2.05, 4.69) is 5.92 Å². The van der Waals surface area contributed by atoms with Gasteiger partial charge < -0.3 is 9.47 Å². The molecule has 1 aromatic rings. The molecular weight excluding hydrogens is 280 g/mol. The van der Waals surface area contributed by atoms with E-state index in [0.29, 0.717) is 5.56 Å². The van der Waals surface area contributed by atoms with Gasteiger partial charge in [-0.15, -0.1) is 6.42 Å². The van der Waals surface area contributed by atoms with E-state index in [4.69, 9.17) is 15.9 Å². The van der Waals surface area contributed by atoms with Crippen molar-refractivity contribution in [3.8, 4) is 12.3 Å². The fourth-order valence-electron chi connectivity index (χ4n) is 1.62. The highest BCUT2D eigenvalue weighted by atomic mass is 16.5. The SMILES string of the molecule is C#Cc1ccc(C(=O)OCC(C)C)c(C(=O)OCC(C)C)c1. The van der Waals surface area contributed by atoms with E-state index >= 15 is 0 Å². The summed E-state index contributed by atoms with van der Waals surface area (Å²) in [5.41, 5.74) is 0.829. The van der Waals surface area contributed by atoms with Crippen LogP contribution in [0.2, 0.25) is 0 Å². The molecule has 0 heterocycles. The predicted octanol–water partition coefficient (Wildman–Crippen LogP) is 3.29. The van der Waals surface area contributed by atoms with Crippen molar-refractivity contribution in [1.82, 2.24) is 0 Å². The van der Waals surface area contributed by atoms with Crippen LogP contribution < -0.4 is 0 Å². The van der Waals surface area contributed by atoms with E-state index in [1.807, 2.05) is 27.7 Å². The third kappa shape index (κ3) is 5.25. The van der Waals surface area contributed by atoms with Crippen LogP contribution in [-0.2, 0) is 9.47 Å². The molecular formula is C18H22O4. The molecule has 1 rings (SSSR count). The van der Waals surface area contributed by atoms with Gasteiger partial charge in [0.15, 0.2) is 0 Å². The minimum atomic E-state index is -0.567. The molecule has 118 valence electrons. The largest absolute Gasteiger partial charge is 0.462 e. The number of ether oxygens (including phenoxy) is 2. The molecule has 0 radical (unpaired) electrons. The second-order valence-electron chi connectivity index (χ2n) is 5.89. The molecule has 0 saturated carbocycles. The highest BCUT2D eigenvalue weighted by Gasteiger charge is 2.20. The zero-order chi connectivity index (χ0) is 16.7. The molecule has 0 spiro atoms. The highest BCUT2D eigenvalue weighted by molar-refractivity contribution is 6.03. The molecule has 4 heteroatoms. The third-order valence-electron chi connectivity index (χ3n) is 2.72. The van der Waals surface area contributed by atoms with Crippen molar-refractivity contribution in [3.63, 3.8) is 0 Å². The number of hydrogen-bond acceptors (Lipinski definition) is 4. The van der Waals surface area contributed by atoms with Gasteiger partial charge in [-0.3, -0.25) is 0 Å². The monoisotopic (exact) mass is 302 g/mol. The van der Waals surface area contributed by atoms with E-state index in [1.165, 1.54) is 12.1 Å². The van der Waals surface area contributed by atoms with Crippen LogP contribution in [0.5, 0.6) is 0 Å². The number of rotatable bonds is 6. The fourth-order valence-corrected chi connectivity index (χ4v) is 1.62. The van der Waals surface area contributed by atoms with Gasteiger partial charge in [0, 0.05) is 5.56 Å². The summed E-state index contributed by atoms with van der Waals surface area (Å²) in [6, 6.07) is 4.59. The van der Waals surface area contributed by atoms with Gasteiger partial charge in [0.2, 0.25) is 0 Å². The third-order valence-corrected chi connectivity index (χ3v) is 2.72. The quantitative estimate of drug-likeness (QED) is 0.597. The first-order valence-electron chi connectivity index (χ1n) is 7.30. The van der Waals surface area contributed by atoms with E-state index in [9.17, 15) is 9.59 Å². The molecule has 0 saturated heterocycles. The molecule has 0 atom stereocenters. The van der Waals surface area contributed by atoms with Gasteiger partial charge in [-0.05, 0) is 30.0 Å². The van der Waals surface area contributed by atoms with Crippen molar-refractivity contribution in [2.24, 2.45) is 11.8 Å². The molecule has 22 heavy (non-hydrogen) atoms. The highest BCUT2D eigenvalue weighted by Crippen LogP contribution is 2.16. The Hall–Kier alpha value is -2.28. The normalized spacial score (nSPS) is 10.4. The Morgan fingerprint density at radius 2 is 1.50 bits per heavy atom. The summed E-state index contributed by atoms with van der Waals surface area (Å²) in [7, 11) is 0. The Morgan fingerprint density at radius 3 is 1.95 bits per heavy atom. The van der Waals surface area contributed by atoms with E-state index < -0.39 is 11.9 Å². The minimum Gasteiger partial charge on any atom is -0.462 e. The number of esters is 2. The van der Waals surface area contributed by atoms with Crippen LogP contribution in [0.4, 0.5) is 0 Å². The number of hydrogen-bond donors (Lipinski definition) is 0. The van der Waals surface area contributed by atoms with Gasteiger partial charge in [0.25, 0.3) is 0 Å². The molecule has 0 aliphatic heterocycles. The summed E-state index contributed by atoms with van der Waals surface area (Å²) >= 11 is 0. The maximum Gasteiger partial charge on any atom is 0.339 e. The predicted molar refractivity (Wildman–Crippen MR) is 84.6 cm³/mol.